The average Bonchev–Trinajstić information content (AvgIpc) is 3.63. The zero-order valence-corrected chi connectivity index (χ0v) is 29.8. The number of anilines is 3. The van der Waals surface area contributed by atoms with E-state index in [2.05, 4.69) is 187 Å². The quantitative estimate of drug-likeness (QED) is 0.178. The van der Waals surface area contributed by atoms with E-state index in [0.717, 1.165) is 72.8 Å². The van der Waals surface area contributed by atoms with Gasteiger partial charge >= 0.3 is 0 Å². The summed E-state index contributed by atoms with van der Waals surface area (Å²) in [5.41, 5.74) is 14.1. The van der Waals surface area contributed by atoms with Gasteiger partial charge in [-0.3, -0.25) is 0 Å². The molecule has 1 aliphatic rings. The summed E-state index contributed by atoms with van der Waals surface area (Å²) in [5.74, 6) is 1.65. The zero-order valence-electron chi connectivity index (χ0n) is 29.8. The monoisotopic (exact) mass is 703 g/mol. The van der Waals surface area contributed by atoms with Crippen LogP contribution in [0.1, 0.15) is 0 Å². The van der Waals surface area contributed by atoms with Crippen molar-refractivity contribution in [2.24, 2.45) is 0 Å². The second-order valence-corrected chi connectivity index (χ2v) is 14.1. The SMILES string of the molecule is c1ccc(-c2ccc3c(c2)Oc2cc(-c4cccc5ccccc45)ccc2N3c2ccc(-c3ccc(-c4ccc5oc6ccccc6c5c4)cc3)cc2)cc1. The highest BCUT2D eigenvalue weighted by Crippen LogP contribution is 2.52. The van der Waals surface area contributed by atoms with Crippen LogP contribution in [-0.4, -0.2) is 0 Å². The Bertz CT molecular complexity index is 3050. The first-order valence-corrected chi connectivity index (χ1v) is 18.7. The standard InChI is InChI=1S/C52H33NO2/c1-2-9-34(10-3-1)40-23-28-47-51(32-40)55-52-33-41(44-15-8-12-38-11-4-5-13-43(38)44)24-29-48(52)53(47)42-26-21-36(22-27-42)35-17-19-37(20-18-35)39-25-30-50-46(31-39)45-14-6-7-16-49(45)54-50/h1-33H. The first-order valence-electron chi connectivity index (χ1n) is 18.7. The van der Waals surface area contributed by atoms with Gasteiger partial charge in [0.25, 0.3) is 0 Å². The predicted molar refractivity (Wildman–Crippen MR) is 228 cm³/mol. The number of furan rings is 1. The highest BCUT2D eigenvalue weighted by Gasteiger charge is 2.27. The lowest BCUT2D eigenvalue weighted by atomic mass is 9.97. The van der Waals surface area contributed by atoms with Gasteiger partial charge in [-0.25, -0.2) is 0 Å². The van der Waals surface area contributed by atoms with E-state index in [4.69, 9.17) is 9.15 Å². The molecule has 0 atom stereocenters. The smallest absolute Gasteiger partial charge is 0.152 e. The molecule has 1 aliphatic heterocycles. The maximum absolute atomic E-state index is 6.80. The fourth-order valence-electron chi connectivity index (χ4n) is 8.11. The van der Waals surface area contributed by atoms with Crippen molar-refractivity contribution in [1.29, 1.82) is 0 Å². The van der Waals surface area contributed by atoms with E-state index >= 15 is 0 Å². The van der Waals surface area contributed by atoms with E-state index in [0.29, 0.717) is 0 Å². The second kappa shape index (κ2) is 12.6. The van der Waals surface area contributed by atoms with Crippen LogP contribution in [0.2, 0.25) is 0 Å². The van der Waals surface area contributed by atoms with Gasteiger partial charge in [0.15, 0.2) is 11.5 Å². The summed E-state index contributed by atoms with van der Waals surface area (Å²) < 4.78 is 12.9. The molecular weight excluding hydrogens is 671 g/mol. The molecule has 0 aliphatic carbocycles. The number of hydrogen-bond acceptors (Lipinski definition) is 3. The van der Waals surface area contributed by atoms with Crippen LogP contribution in [0.15, 0.2) is 205 Å². The van der Waals surface area contributed by atoms with Crippen LogP contribution >= 0.6 is 0 Å². The molecule has 3 heteroatoms. The Morgan fingerprint density at radius 2 is 0.855 bits per heavy atom. The van der Waals surface area contributed by atoms with Crippen LogP contribution in [0.5, 0.6) is 11.5 Å². The highest BCUT2D eigenvalue weighted by molar-refractivity contribution is 6.06. The van der Waals surface area contributed by atoms with Gasteiger partial charge in [0.2, 0.25) is 0 Å². The lowest BCUT2D eigenvalue weighted by Crippen LogP contribution is -2.16. The van der Waals surface area contributed by atoms with Crippen LogP contribution in [0.4, 0.5) is 17.1 Å². The molecule has 0 spiro atoms. The maximum Gasteiger partial charge on any atom is 0.152 e. The number of benzene rings is 9. The van der Waals surface area contributed by atoms with Crippen molar-refractivity contribution in [3.8, 4) is 56.0 Å². The Morgan fingerprint density at radius 3 is 1.64 bits per heavy atom. The first-order chi connectivity index (χ1) is 27.2. The minimum absolute atomic E-state index is 0.824. The van der Waals surface area contributed by atoms with E-state index in [1.165, 1.54) is 33.0 Å². The van der Waals surface area contributed by atoms with Gasteiger partial charge in [0.1, 0.15) is 11.2 Å². The summed E-state index contributed by atoms with van der Waals surface area (Å²) in [6.45, 7) is 0. The molecular formula is C52H33NO2. The number of ether oxygens (including phenoxy) is 1. The minimum Gasteiger partial charge on any atom is -0.456 e. The normalized spacial score (nSPS) is 12.1. The first kappa shape index (κ1) is 31.2. The van der Waals surface area contributed by atoms with Crippen molar-refractivity contribution < 1.29 is 9.15 Å². The van der Waals surface area contributed by atoms with E-state index in [1.807, 2.05) is 18.2 Å². The molecule has 2 heterocycles. The van der Waals surface area contributed by atoms with Crippen molar-refractivity contribution in [3.63, 3.8) is 0 Å². The van der Waals surface area contributed by atoms with Gasteiger partial charge in [-0.2, -0.15) is 0 Å². The summed E-state index contributed by atoms with van der Waals surface area (Å²) in [6, 6.07) is 71.0. The van der Waals surface area contributed by atoms with Crippen LogP contribution in [0.3, 0.4) is 0 Å². The van der Waals surface area contributed by atoms with Crippen molar-refractivity contribution >= 4 is 49.8 Å². The van der Waals surface area contributed by atoms with Gasteiger partial charge in [-0.05, 0) is 110 Å². The average molecular weight is 704 g/mol. The van der Waals surface area contributed by atoms with Crippen LogP contribution < -0.4 is 9.64 Å². The molecule has 0 unspecified atom stereocenters. The van der Waals surface area contributed by atoms with Crippen LogP contribution in [0, 0.1) is 0 Å². The highest BCUT2D eigenvalue weighted by atomic mass is 16.5. The summed E-state index contributed by atoms with van der Waals surface area (Å²) >= 11 is 0. The Hall–Kier alpha value is -7.36. The third-order valence-electron chi connectivity index (χ3n) is 10.9. The van der Waals surface area contributed by atoms with E-state index in [1.54, 1.807) is 0 Å². The van der Waals surface area contributed by atoms with E-state index in [9.17, 15) is 0 Å². The van der Waals surface area contributed by atoms with Gasteiger partial charge < -0.3 is 14.1 Å². The lowest BCUT2D eigenvalue weighted by molar-refractivity contribution is 0.477. The van der Waals surface area contributed by atoms with Crippen molar-refractivity contribution in [3.05, 3.63) is 200 Å². The van der Waals surface area contributed by atoms with E-state index < -0.39 is 0 Å². The van der Waals surface area contributed by atoms with E-state index in [-0.39, 0.29) is 0 Å². The maximum atomic E-state index is 6.80. The van der Waals surface area contributed by atoms with Gasteiger partial charge in [0.05, 0.1) is 11.4 Å². The number of para-hydroxylation sites is 1. The van der Waals surface area contributed by atoms with Crippen LogP contribution in [-0.2, 0) is 0 Å². The van der Waals surface area contributed by atoms with Crippen molar-refractivity contribution in [2.75, 3.05) is 4.90 Å². The Morgan fingerprint density at radius 1 is 0.327 bits per heavy atom. The number of nitrogens with zero attached hydrogens (tertiary/aromatic N) is 1. The number of hydrogen-bond donors (Lipinski definition) is 0. The Kier molecular flexibility index (Phi) is 7.17. The number of rotatable bonds is 5. The zero-order chi connectivity index (χ0) is 36.3. The molecule has 0 fully saturated rings. The summed E-state index contributed by atoms with van der Waals surface area (Å²) in [6.07, 6.45) is 0. The number of fused-ring (bicyclic) bond motifs is 6. The molecule has 0 bridgehead atoms. The molecule has 55 heavy (non-hydrogen) atoms. The van der Waals surface area contributed by atoms with Crippen LogP contribution in [0.25, 0.3) is 77.2 Å². The fourth-order valence-corrected chi connectivity index (χ4v) is 8.11. The molecule has 3 nitrogen and oxygen atoms in total. The molecule has 0 N–H and O–H groups in total. The summed E-state index contributed by atoms with van der Waals surface area (Å²) in [5, 5.41) is 4.72. The molecule has 10 aromatic rings. The molecule has 0 saturated heterocycles. The molecule has 0 radical (unpaired) electrons. The summed E-state index contributed by atoms with van der Waals surface area (Å²) in [7, 11) is 0. The predicted octanol–water partition coefficient (Wildman–Crippen LogP) is 15.0. The molecule has 258 valence electrons. The minimum atomic E-state index is 0.824. The third kappa shape index (κ3) is 5.36. The Balaban J connectivity index is 0.954. The second-order valence-electron chi connectivity index (χ2n) is 14.1. The molecule has 0 saturated carbocycles. The van der Waals surface area contributed by atoms with Gasteiger partial charge in [0, 0.05) is 16.5 Å². The third-order valence-corrected chi connectivity index (χ3v) is 10.9. The molecule has 11 rings (SSSR count). The molecule has 0 amide bonds. The fraction of sp³-hybridized carbons (Fsp3) is 0. The summed E-state index contributed by atoms with van der Waals surface area (Å²) in [4.78, 5) is 2.32. The Labute approximate surface area is 318 Å². The van der Waals surface area contributed by atoms with Crippen molar-refractivity contribution in [2.45, 2.75) is 0 Å². The van der Waals surface area contributed by atoms with Gasteiger partial charge in [-0.1, -0.05) is 146 Å². The molecule has 9 aromatic carbocycles. The lowest BCUT2D eigenvalue weighted by Gasteiger charge is -2.33. The van der Waals surface area contributed by atoms with Gasteiger partial charge in [-0.15, -0.1) is 0 Å². The topological polar surface area (TPSA) is 25.6 Å². The largest absolute Gasteiger partial charge is 0.456 e. The molecule has 1 aromatic heterocycles. The van der Waals surface area contributed by atoms with Crippen molar-refractivity contribution in [1.82, 2.24) is 0 Å².